The fourth-order valence-corrected chi connectivity index (χ4v) is 2.44. The second-order valence-corrected chi connectivity index (χ2v) is 6.03. The minimum Gasteiger partial charge on any atom is -0.395 e. The van der Waals surface area contributed by atoms with Crippen LogP contribution in [0.1, 0.15) is 5.56 Å². The third kappa shape index (κ3) is 4.14. The molecule has 0 unspecified atom stereocenters. The fourth-order valence-electron chi connectivity index (χ4n) is 1.12. The molecule has 0 amide bonds. The normalized spacial score (nSPS) is 12.5. The smallest absolute Gasteiger partial charge is 0.395 e. The quantitative estimate of drug-likeness (QED) is 0.877. The summed E-state index contributed by atoms with van der Waals surface area (Å²) in [5, 5.41) is 8.52. The molecule has 0 atom stereocenters. The zero-order valence-corrected chi connectivity index (χ0v) is 11.2. The molecule has 0 saturated heterocycles. The minimum absolute atomic E-state index is 0.178. The number of aliphatic hydroxyl groups excluding tert-OH is 1. The Balaban J connectivity index is 3.10. The molecular weight excluding hydrogens is 339 g/mol. The molecule has 0 heterocycles. The van der Waals surface area contributed by atoms with E-state index in [4.69, 9.17) is 5.11 Å². The van der Waals surface area contributed by atoms with Gasteiger partial charge in [-0.1, -0.05) is 0 Å². The summed E-state index contributed by atoms with van der Waals surface area (Å²) in [6.07, 6.45) is -4.56. The highest BCUT2D eigenvalue weighted by Crippen LogP contribution is 2.34. The summed E-state index contributed by atoms with van der Waals surface area (Å²) >= 11 is 2.94. The molecular formula is C9H9BrF3NO3S. The number of aliphatic hydroxyl groups is 1. The van der Waals surface area contributed by atoms with E-state index in [9.17, 15) is 21.6 Å². The van der Waals surface area contributed by atoms with Gasteiger partial charge in [0.2, 0.25) is 10.0 Å². The van der Waals surface area contributed by atoms with Crippen LogP contribution in [0.4, 0.5) is 18.9 Å². The molecule has 0 bridgehead atoms. The Morgan fingerprint density at radius 2 is 1.94 bits per heavy atom. The van der Waals surface area contributed by atoms with Crippen molar-refractivity contribution in [3.63, 3.8) is 0 Å². The van der Waals surface area contributed by atoms with Gasteiger partial charge >= 0.3 is 6.18 Å². The monoisotopic (exact) mass is 347 g/mol. The maximum absolute atomic E-state index is 12.4. The standard InChI is InChI=1S/C9H9BrF3NO3S/c10-7-2-1-6(9(11,12)13)5-8(7)14-18(16,17)4-3-15/h1-2,5,14-15H,3-4H2. The number of hydrogen-bond donors (Lipinski definition) is 2. The van der Waals surface area contributed by atoms with Crippen LogP contribution in [0.3, 0.4) is 0 Å². The number of benzene rings is 1. The minimum atomic E-state index is -4.56. The van der Waals surface area contributed by atoms with Crippen molar-refractivity contribution in [1.29, 1.82) is 0 Å². The first kappa shape index (κ1) is 15.3. The maximum Gasteiger partial charge on any atom is 0.416 e. The topological polar surface area (TPSA) is 66.4 Å². The molecule has 0 spiro atoms. The zero-order valence-electron chi connectivity index (χ0n) is 8.83. The van der Waals surface area contributed by atoms with E-state index in [1.807, 2.05) is 4.72 Å². The van der Waals surface area contributed by atoms with Gasteiger partial charge in [0.05, 0.1) is 23.6 Å². The number of nitrogens with one attached hydrogen (secondary N) is 1. The Labute approximate surface area is 110 Å². The Morgan fingerprint density at radius 1 is 1.33 bits per heavy atom. The van der Waals surface area contributed by atoms with E-state index in [1.54, 1.807) is 0 Å². The molecule has 4 nitrogen and oxygen atoms in total. The van der Waals surface area contributed by atoms with Crippen LogP contribution < -0.4 is 4.72 Å². The predicted molar refractivity (Wildman–Crippen MR) is 63.6 cm³/mol. The number of hydrogen-bond acceptors (Lipinski definition) is 3. The first-order valence-corrected chi connectivity index (χ1v) is 7.08. The number of halogens is 4. The summed E-state index contributed by atoms with van der Waals surface area (Å²) in [5.74, 6) is -0.588. The molecule has 2 N–H and O–H groups in total. The second kappa shape index (κ2) is 5.45. The van der Waals surface area contributed by atoms with Crippen LogP contribution in [0.2, 0.25) is 0 Å². The Bertz CT molecular complexity index is 530. The molecule has 0 aliphatic carbocycles. The van der Waals surface area contributed by atoms with E-state index in [0.717, 1.165) is 12.1 Å². The van der Waals surface area contributed by atoms with E-state index in [1.165, 1.54) is 0 Å². The molecule has 18 heavy (non-hydrogen) atoms. The molecule has 0 fully saturated rings. The van der Waals surface area contributed by atoms with E-state index in [-0.39, 0.29) is 10.2 Å². The van der Waals surface area contributed by atoms with Gasteiger partial charge in [0.25, 0.3) is 0 Å². The summed E-state index contributed by atoms with van der Waals surface area (Å²) in [7, 11) is -3.87. The zero-order chi connectivity index (χ0) is 14.0. The summed E-state index contributed by atoms with van der Waals surface area (Å²) in [6.45, 7) is -0.619. The van der Waals surface area contributed by atoms with Crippen LogP contribution in [0.25, 0.3) is 0 Å². The highest BCUT2D eigenvalue weighted by molar-refractivity contribution is 9.10. The van der Waals surface area contributed by atoms with Crippen LogP contribution in [-0.4, -0.2) is 25.9 Å². The number of alkyl halides is 3. The SMILES string of the molecule is O=S(=O)(CCO)Nc1cc(C(F)(F)F)ccc1Br. The van der Waals surface area contributed by atoms with Gasteiger partial charge in [-0.25, -0.2) is 8.42 Å². The van der Waals surface area contributed by atoms with Gasteiger partial charge in [0, 0.05) is 4.47 Å². The van der Waals surface area contributed by atoms with E-state index in [2.05, 4.69) is 15.9 Å². The lowest BCUT2D eigenvalue weighted by molar-refractivity contribution is -0.137. The van der Waals surface area contributed by atoms with Crippen molar-refractivity contribution >= 4 is 31.6 Å². The van der Waals surface area contributed by atoms with E-state index >= 15 is 0 Å². The largest absolute Gasteiger partial charge is 0.416 e. The summed E-state index contributed by atoms with van der Waals surface area (Å²) < 4.78 is 62.2. The van der Waals surface area contributed by atoms with Crippen molar-refractivity contribution in [2.24, 2.45) is 0 Å². The molecule has 1 aromatic rings. The van der Waals surface area contributed by atoms with Gasteiger partial charge < -0.3 is 5.11 Å². The van der Waals surface area contributed by atoms with Crippen molar-refractivity contribution in [2.45, 2.75) is 6.18 Å². The Morgan fingerprint density at radius 3 is 2.44 bits per heavy atom. The first-order chi connectivity index (χ1) is 8.15. The highest BCUT2D eigenvalue weighted by atomic mass is 79.9. The van der Waals surface area contributed by atoms with Gasteiger partial charge in [0.1, 0.15) is 0 Å². The molecule has 0 radical (unpaired) electrons. The van der Waals surface area contributed by atoms with Crippen LogP contribution in [0.5, 0.6) is 0 Å². The maximum atomic E-state index is 12.4. The average Bonchev–Trinajstić information content (AvgIpc) is 2.19. The highest BCUT2D eigenvalue weighted by Gasteiger charge is 2.31. The van der Waals surface area contributed by atoms with Crippen LogP contribution in [-0.2, 0) is 16.2 Å². The van der Waals surface area contributed by atoms with Crippen molar-refractivity contribution < 1.29 is 26.7 Å². The van der Waals surface area contributed by atoms with Crippen LogP contribution >= 0.6 is 15.9 Å². The summed E-state index contributed by atoms with van der Waals surface area (Å²) in [4.78, 5) is 0. The summed E-state index contributed by atoms with van der Waals surface area (Å²) in [6, 6.07) is 2.60. The Kier molecular flexibility index (Phi) is 4.62. The van der Waals surface area contributed by atoms with E-state index in [0.29, 0.717) is 6.07 Å². The lowest BCUT2D eigenvalue weighted by atomic mass is 10.2. The van der Waals surface area contributed by atoms with Gasteiger partial charge in [0.15, 0.2) is 0 Å². The van der Waals surface area contributed by atoms with Gasteiger partial charge in [-0.05, 0) is 34.1 Å². The fraction of sp³-hybridized carbons (Fsp3) is 0.333. The second-order valence-electron chi connectivity index (χ2n) is 3.34. The third-order valence-corrected chi connectivity index (χ3v) is 3.86. The number of anilines is 1. The molecule has 102 valence electrons. The predicted octanol–water partition coefficient (Wildman–Crippen LogP) is 2.20. The molecule has 0 aliphatic rings. The van der Waals surface area contributed by atoms with E-state index < -0.39 is 34.1 Å². The lowest BCUT2D eigenvalue weighted by Crippen LogP contribution is -2.19. The lowest BCUT2D eigenvalue weighted by Gasteiger charge is -2.12. The van der Waals surface area contributed by atoms with Gasteiger partial charge in [-0.2, -0.15) is 13.2 Å². The average molecular weight is 348 g/mol. The number of rotatable bonds is 4. The third-order valence-electron chi connectivity index (χ3n) is 1.92. The molecule has 0 aromatic heterocycles. The van der Waals surface area contributed by atoms with Crippen molar-refractivity contribution in [2.75, 3.05) is 17.1 Å². The van der Waals surface area contributed by atoms with Crippen LogP contribution in [0, 0.1) is 0 Å². The number of sulfonamides is 1. The van der Waals surface area contributed by atoms with Gasteiger partial charge in [-0.15, -0.1) is 0 Å². The van der Waals surface area contributed by atoms with Gasteiger partial charge in [-0.3, -0.25) is 4.72 Å². The van der Waals surface area contributed by atoms with Crippen LogP contribution in [0.15, 0.2) is 22.7 Å². The molecule has 1 rings (SSSR count). The first-order valence-electron chi connectivity index (χ1n) is 4.64. The molecule has 9 heteroatoms. The van der Waals surface area contributed by atoms with Crippen molar-refractivity contribution in [1.82, 2.24) is 0 Å². The van der Waals surface area contributed by atoms with Crippen molar-refractivity contribution in [3.8, 4) is 0 Å². The van der Waals surface area contributed by atoms with Crippen molar-refractivity contribution in [3.05, 3.63) is 28.2 Å². The summed E-state index contributed by atoms with van der Waals surface area (Å²) in [5.41, 5.74) is -1.19. The Hall–Kier alpha value is -0.800. The molecule has 1 aromatic carbocycles. The molecule has 0 saturated carbocycles. The molecule has 0 aliphatic heterocycles.